The normalized spacial score (nSPS) is 16.1. The van der Waals surface area contributed by atoms with Gasteiger partial charge in [0.25, 0.3) is 5.91 Å². The van der Waals surface area contributed by atoms with Crippen molar-refractivity contribution in [2.24, 2.45) is 5.73 Å². The molecule has 0 aromatic carbocycles. The number of carbonyl (C=O) groups is 1. The number of hydrogen-bond donors (Lipinski definition) is 2. The molecule has 0 bridgehead atoms. The molecule has 0 unspecified atom stereocenters. The van der Waals surface area contributed by atoms with E-state index in [4.69, 9.17) is 5.73 Å². The van der Waals surface area contributed by atoms with Gasteiger partial charge in [-0.2, -0.15) is 0 Å². The number of nitrogens with two attached hydrogens (primary N) is 1. The lowest BCUT2D eigenvalue weighted by Gasteiger charge is -2.10. The predicted octanol–water partition coefficient (Wildman–Crippen LogP) is 3.03. The summed E-state index contributed by atoms with van der Waals surface area (Å²) in [5.41, 5.74) is 6.36. The van der Waals surface area contributed by atoms with Gasteiger partial charge in [0.15, 0.2) is 0 Å². The maximum absolute atomic E-state index is 12.1. The summed E-state index contributed by atoms with van der Waals surface area (Å²) < 4.78 is 0. The van der Waals surface area contributed by atoms with E-state index in [0.29, 0.717) is 12.5 Å². The topological polar surface area (TPSA) is 68.0 Å². The Hall–Kier alpha value is -0.360. The van der Waals surface area contributed by atoms with Gasteiger partial charge in [-0.15, -0.1) is 36.2 Å². The number of rotatable bonds is 4. The number of nitrogens with zero attached hydrogens (tertiary/aromatic N) is 1. The minimum atomic E-state index is -0.0350. The number of aryl methyl sites for hydroxylation is 1. The fourth-order valence-electron chi connectivity index (χ4n) is 2.32. The van der Waals surface area contributed by atoms with Crippen molar-refractivity contribution in [1.29, 1.82) is 0 Å². The number of thiazole rings is 1. The summed E-state index contributed by atoms with van der Waals surface area (Å²) in [5.74, 6) is 0.536. The molecule has 1 aromatic rings. The fraction of sp³-hybridized carbons (Fsp3) is 0.692. The molecule has 0 radical (unpaired) electrons. The lowest BCUT2D eigenvalue weighted by molar-refractivity contribution is 0.0944. The molecule has 1 fully saturated rings. The summed E-state index contributed by atoms with van der Waals surface area (Å²) >= 11 is 1.55. The van der Waals surface area contributed by atoms with E-state index >= 15 is 0 Å². The average molecular weight is 340 g/mol. The number of nitrogens with one attached hydrogen (secondary N) is 1. The van der Waals surface area contributed by atoms with E-state index in [1.807, 2.05) is 13.8 Å². The summed E-state index contributed by atoms with van der Waals surface area (Å²) in [6.07, 6.45) is 5.00. The van der Waals surface area contributed by atoms with Gasteiger partial charge in [-0.3, -0.25) is 4.79 Å². The minimum Gasteiger partial charge on any atom is -0.348 e. The molecule has 0 saturated heterocycles. The average Bonchev–Trinajstić information content (AvgIpc) is 2.97. The standard InChI is InChI=1S/C13H21N3OS.2ClH/c1-8(7-14)15-12(17)11-9(2)16-13(18-11)10-5-3-4-6-10;;/h8,10H,3-7,14H2,1-2H3,(H,15,17);2*1H/t8-;;/m0../s1. The highest BCUT2D eigenvalue weighted by atomic mass is 35.5. The number of aromatic nitrogens is 1. The molecule has 1 atom stereocenters. The molecule has 3 N–H and O–H groups in total. The first kappa shape index (κ1) is 19.6. The van der Waals surface area contributed by atoms with Crippen LogP contribution in [0.5, 0.6) is 0 Å². The lowest BCUT2D eigenvalue weighted by Crippen LogP contribution is -2.37. The summed E-state index contributed by atoms with van der Waals surface area (Å²) in [4.78, 5) is 17.4. The van der Waals surface area contributed by atoms with Crippen LogP contribution in [0.4, 0.5) is 0 Å². The quantitative estimate of drug-likeness (QED) is 0.885. The van der Waals surface area contributed by atoms with Crippen molar-refractivity contribution in [3.63, 3.8) is 0 Å². The van der Waals surface area contributed by atoms with Crippen molar-refractivity contribution < 1.29 is 4.79 Å². The third-order valence-corrected chi connectivity index (χ3v) is 4.77. The van der Waals surface area contributed by atoms with Crippen LogP contribution in [0.15, 0.2) is 0 Å². The number of carbonyl (C=O) groups excluding carboxylic acids is 1. The van der Waals surface area contributed by atoms with Crippen LogP contribution in [0, 0.1) is 6.92 Å². The van der Waals surface area contributed by atoms with Crippen LogP contribution >= 0.6 is 36.2 Å². The first-order valence-electron chi connectivity index (χ1n) is 6.60. The lowest BCUT2D eigenvalue weighted by atomic mass is 10.1. The smallest absolute Gasteiger partial charge is 0.263 e. The Kier molecular flexibility index (Phi) is 8.66. The van der Waals surface area contributed by atoms with Crippen molar-refractivity contribution in [1.82, 2.24) is 10.3 Å². The maximum atomic E-state index is 12.1. The molecule has 20 heavy (non-hydrogen) atoms. The molecule has 2 rings (SSSR count). The van der Waals surface area contributed by atoms with Crippen molar-refractivity contribution in [3.8, 4) is 0 Å². The zero-order valence-corrected chi connectivity index (χ0v) is 14.3. The molecule has 4 nitrogen and oxygen atoms in total. The third-order valence-electron chi connectivity index (χ3n) is 3.45. The van der Waals surface area contributed by atoms with E-state index in [-0.39, 0.29) is 36.8 Å². The van der Waals surface area contributed by atoms with E-state index < -0.39 is 0 Å². The molecular weight excluding hydrogens is 317 g/mol. The van der Waals surface area contributed by atoms with Crippen LogP contribution < -0.4 is 11.1 Å². The van der Waals surface area contributed by atoms with Gasteiger partial charge in [-0.05, 0) is 26.7 Å². The zero-order valence-electron chi connectivity index (χ0n) is 11.8. The van der Waals surface area contributed by atoms with Gasteiger partial charge >= 0.3 is 0 Å². The Balaban J connectivity index is 0.00000180. The first-order chi connectivity index (χ1) is 8.61. The second-order valence-corrected chi connectivity index (χ2v) is 6.09. The Morgan fingerprint density at radius 3 is 2.60 bits per heavy atom. The second kappa shape index (κ2) is 8.82. The highest BCUT2D eigenvalue weighted by Crippen LogP contribution is 2.37. The largest absolute Gasteiger partial charge is 0.348 e. The van der Waals surface area contributed by atoms with Crippen LogP contribution in [-0.4, -0.2) is 23.5 Å². The van der Waals surface area contributed by atoms with E-state index in [1.165, 1.54) is 25.7 Å². The molecule has 1 amide bonds. The Morgan fingerprint density at radius 1 is 1.45 bits per heavy atom. The number of amides is 1. The molecule has 0 spiro atoms. The molecule has 1 aliphatic carbocycles. The molecule has 1 saturated carbocycles. The summed E-state index contributed by atoms with van der Waals surface area (Å²) in [5, 5.41) is 4.03. The van der Waals surface area contributed by atoms with Crippen LogP contribution in [-0.2, 0) is 0 Å². The van der Waals surface area contributed by atoms with Gasteiger partial charge in [0.2, 0.25) is 0 Å². The summed E-state index contributed by atoms with van der Waals surface area (Å²) in [6, 6.07) is 0.00827. The fourth-order valence-corrected chi connectivity index (χ4v) is 3.46. The molecule has 1 heterocycles. The molecule has 7 heteroatoms. The van der Waals surface area contributed by atoms with Gasteiger partial charge < -0.3 is 11.1 Å². The second-order valence-electron chi connectivity index (χ2n) is 5.06. The van der Waals surface area contributed by atoms with Gasteiger partial charge in [0.05, 0.1) is 10.7 Å². The van der Waals surface area contributed by atoms with Gasteiger partial charge in [-0.1, -0.05) is 12.8 Å². The molecule has 0 aliphatic heterocycles. The zero-order chi connectivity index (χ0) is 13.1. The summed E-state index contributed by atoms with van der Waals surface area (Å²) in [7, 11) is 0. The van der Waals surface area contributed by atoms with E-state index in [9.17, 15) is 4.79 Å². The first-order valence-corrected chi connectivity index (χ1v) is 7.41. The Morgan fingerprint density at radius 2 is 2.05 bits per heavy atom. The molecule has 116 valence electrons. The summed E-state index contributed by atoms with van der Waals surface area (Å²) in [6.45, 7) is 4.28. The highest BCUT2D eigenvalue weighted by Gasteiger charge is 2.24. The van der Waals surface area contributed by atoms with Gasteiger partial charge in [0.1, 0.15) is 4.88 Å². The highest BCUT2D eigenvalue weighted by molar-refractivity contribution is 7.13. The number of hydrogen-bond acceptors (Lipinski definition) is 4. The van der Waals surface area contributed by atoms with Crippen LogP contribution in [0.2, 0.25) is 0 Å². The van der Waals surface area contributed by atoms with Crippen LogP contribution in [0.3, 0.4) is 0 Å². The van der Waals surface area contributed by atoms with Crippen molar-refractivity contribution in [2.45, 2.75) is 51.5 Å². The van der Waals surface area contributed by atoms with Crippen LogP contribution in [0.1, 0.15) is 58.9 Å². The monoisotopic (exact) mass is 339 g/mol. The van der Waals surface area contributed by atoms with Crippen LogP contribution in [0.25, 0.3) is 0 Å². The van der Waals surface area contributed by atoms with Gasteiger partial charge in [-0.25, -0.2) is 4.98 Å². The molecular formula is C13H23Cl2N3OS. The Labute approximate surface area is 136 Å². The van der Waals surface area contributed by atoms with Crippen molar-refractivity contribution in [2.75, 3.05) is 6.54 Å². The predicted molar refractivity (Wildman–Crippen MR) is 88.5 cm³/mol. The van der Waals surface area contributed by atoms with Crippen molar-refractivity contribution in [3.05, 3.63) is 15.6 Å². The minimum absolute atomic E-state index is 0. The van der Waals surface area contributed by atoms with E-state index in [0.717, 1.165) is 15.6 Å². The number of halogens is 2. The third kappa shape index (κ3) is 4.58. The maximum Gasteiger partial charge on any atom is 0.263 e. The molecule has 1 aliphatic rings. The Bertz CT molecular complexity index is 433. The molecule has 1 aromatic heterocycles. The van der Waals surface area contributed by atoms with E-state index in [2.05, 4.69) is 10.3 Å². The van der Waals surface area contributed by atoms with Crippen molar-refractivity contribution >= 4 is 42.1 Å². The van der Waals surface area contributed by atoms with Gasteiger partial charge in [0, 0.05) is 18.5 Å². The SMILES string of the molecule is Cc1nc(C2CCCC2)sc1C(=O)N[C@@H](C)CN.Cl.Cl. The van der Waals surface area contributed by atoms with E-state index in [1.54, 1.807) is 11.3 Å².